The van der Waals surface area contributed by atoms with E-state index in [9.17, 15) is 14.0 Å². The van der Waals surface area contributed by atoms with Crippen LogP contribution in [-0.4, -0.2) is 33.5 Å². The molecule has 0 saturated heterocycles. The zero-order chi connectivity index (χ0) is 14.5. The number of benzene rings is 1. The second kappa shape index (κ2) is 6.14. The van der Waals surface area contributed by atoms with Gasteiger partial charge in [-0.15, -0.1) is 0 Å². The molecule has 0 atom stereocenters. The van der Waals surface area contributed by atoms with Gasteiger partial charge in [0.2, 0.25) is 5.91 Å². The second-order valence-corrected chi connectivity index (χ2v) is 4.34. The van der Waals surface area contributed by atoms with Gasteiger partial charge in [-0.1, -0.05) is 0 Å². The first-order valence-corrected chi connectivity index (χ1v) is 6.17. The summed E-state index contributed by atoms with van der Waals surface area (Å²) in [7, 11) is 0. The Kier molecular flexibility index (Phi) is 4.29. The van der Waals surface area contributed by atoms with Gasteiger partial charge in [-0.05, 0) is 18.2 Å². The fourth-order valence-electron chi connectivity index (χ4n) is 1.78. The van der Waals surface area contributed by atoms with Crippen LogP contribution in [0.25, 0.3) is 11.0 Å². The zero-order valence-electron chi connectivity index (χ0n) is 10.6. The summed E-state index contributed by atoms with van der Waals surface area (Å²) in [5.41, 5.74) is 1.27. The summed E-state index contributed by atoms with van der Waals surface area (Å²) in [6.07, 6.45) is 0.242. The number of carbonyl (C=O) groups is 2. The maximum Gasteiger partial charge on any atom is 0.303 e. The van der Waals surface area contributed by atoms with Gasteiger partial charge in [0.1, 0.15) is 11.6 Å². The minimum atomic E-state index is -1.00. The van der Waals surface area contributed by atoms with Crippen LogP contribution in [0.2, 0.25) is 0 Å². The van der Waals surface area contributed by atoms with Gasteiger partial charge in [-0.3, -0.25) is 9.59 Å². The Bertz CT molecular complexity index is 639. The van der Waals surface area contributed by atoms with Crippen LogP contribution >= 0.6 is 0 Å². The second-order valence-electron chi connectivity index (χ2n) is 4.34. The Morgan fingerprint density at radius 1 is 1.35 bits per heavy atom. The predicted octanol–water partition coefficient (Wildman–Crippen LogP) is 1.23. The van der Waals surface area contributed by atoms with Crippen LogP contribution in [0.1, 0.15) is 18.7 Å². The number of halogens is 1. The molecule has 2 rings (SSSR count). The summed E-state index contributed by atoms with van der Waals surface area (Å²) in [5, 5.41) is 11.0. The number of aliphatic carboxylic acids is 1. The number of H-pyrrole nitrogens is 1. The largest absolute Gasteiger partial charge is 0.481 e. The van der Waals surface area contributed by atoms with E-state index < -0.39 is 5.97 Å². The van der Waals surface area contributed by atoms with Gasteiger partial charge in [0.05, 0.1) is 17.5 Å². The SMILES string of the molecule is O=C(O)CCC(=O)NCCc1nc2ccc(F)cc2[nH]1. The van der Waals surface area contributed by atoms with Gasteiger partial charge in [0.25, 0.3) is 0 Å². The Morgan fingerprint density at radius 2 is 2.15 bits per heavy atom. The third-order valence-electron chi connectivity index (χ3n) is 2.74. The fourth-order valence-corrected chi connectivity index (χ4v) is 1.78. The van der Waals surface area contributed by atoms with E-state index in [1.807, 2.05) is 0 Å². The maximum atomic E-state index is 13.0. The molecule has 0 aliphatic heterocycles. The summed E-state index contributed by atoms with van der Waals surface area (Å²) in [4.78, 5) is 28.8. The van der Waals surface area contributed by atoms with E-state index in [0.29, 0.717) is 29.8 Å². The standard InChI is InChI=1S/C13H14FN3O3/c14-8-1-2-9-10(7-8)17-11(16-9)5-6-15-12(18)3-4-13(19)20/h1-2,7H,3-6H2,(H,15,18)(H,16,17)(H,19,20). The summed E-state index contributed by atoms with van der Waals surface area (Å²) >= 11 is 0. The van der Waals surface area contributed by atoms with E-state index in [1.165, 1.54) is 12.1 Å². The van der Waals surface area contributed by atoms with Gasteiger partial charge in [-0.2, -0.15) is 0 Å². The number of carboxylic acids is 1. The molecule has 7 heteroatoms. The minimum Gasteiger partial charge on any atom is -0.481 e. The Hall–Kier alpha value is -2.44. The van der Waals surface area contributed by atoms with E-state index in [1.54, 1.807) is 6.07 Å². The number of aromatic nitrogens is 2. The summed E-state index contributed by atoms with van der Waals surface area (Å²) in [5.74, 6) is -1.01. The van der Waals surface area contributed by atoms with E-state index in [-0.39, 0.29) is 24.6 Å². The van der Waals surface area contributed by atoms with Crippen LogP contribution in [0, 0.1) is 5.82 Å². The van der Waals surface area contributed by atoms with Gasteiger partial charge in [-0.25, -0.2) is 9.37 Å². The zero-order valence-corrected chi connectivity index (χ0v) is 10.6. The molecule has 1 aromatic carbocycles. The first-order chi connectivity index (χ1) is 9.54. The molecule has 106 valence electrons. The lowest BCUT2D eigenvalue weighted by atomic mass is 10.3. The molecule has 0 radical (unpaired) electrons. The van der Waals surface area contributed by atoms with Crippen LogP contribution in [-0.2, 0) is 16.0 Å². The topological polar surface area (TPSA) is 95.1 Å². The lowest BCUT2D eigenvalue weighted by Crippen LogP contribution is -2.26. The van der Waals surface area contributed by atoms with Crippen molar-refractivity contribution in [2.45, 2.75) is 19.3 Å². The number of carboxylic acid groups (broad SMARTS) is 1. The van der Waals surface area contributed by atoms with Crippen molar-refractivity contribution >= 4 is 22.9 Å². The number of rotatable bonds is 6. The van der Waals surface area contributed by atoms with Crippen molar-refractivity contribution in [2.75, 3.05) is 6.54 Å². The fraction of sp³-hybridized carbons (Fsp3) is 0.308. The van der Waals surface area contributed by atoms with Crippen LogP contribution in [0.4, 0.5) is 4.39 Å². The highest BCUT2D eigenvalue weighted by Crippen LogP contribution is 2.12. The quantitative estimate of drug-likeness (QED) is 0.741. The molecule has 20 heavy (non-hydrogen) atoms. The number of aromatic amines is 1. The smallest absolute Gasteiger partial charge is 0.303 e. The molecule has 0 bridgehead atoms. The van der Waals surface area contributed by atoms with Crippen LogP contribution in [0.15, 0.2) is 18.2 Å². The maximum absolute atomic E-state index is 13.0. The van der Waals surface area contributed by atoms with Gasteiger partial charge < -0.3 is 15.4 Å². The molecule has 1 amide bonds. The summed E-state index contributed by atoms with van der Waals surface area (Å²) in [6, 6.07) is 4.27. The van der Waals surface area contributed by atoms with Crippen molar-refractivity contribution in [1.82, 2.24) is 15.3 Å². The monoisotopic (exact) mass is 279 g/mol. The van der Waals surface area contributed by atoms with Crippen molar-refractivity contribution < 1.29 is 19.1 Å². The Labute approximate surface area is 114 Å². The number of imidazole rings is 1. The molecule has 0 aliphatic rings. The van der Waals surface area contributed by atoms with Gasteiger partial charge in [0, 0.05) is 19.4 Å². The lowest BCUT2D eigenvalue weighted by molar-refractivity contribution is -0.138. The molecule has 0 unspecified atom stereocenters. The third kappa shape index (κ3) is 3.78. The number of fused-ring (bicyclic) bond motifs is 1. The highest BCUT2D eigenvalue weighted by molar-refractivity contribution is 5.80. The van der Waals surface area contributed by atoms with Crippen LogP contribution < -0.4 is 5.32 Å². The molecule has 0 aliphatic carbocycles. The van der Waals surface area contributed by atoms with Crippen molar-refractivity contribution in [2.24, 2.45) is 0 Å². The molecular formula is C13H14FN3O3. The molecule has 1 heterocycles. The molecule has 0 fully saturated rings. The molecular weight excluding hydrogens is 265 g/mol. The molecule has 2 aromatic rings. The Morgan fingerprint density at radius 3 is 2.90 bits per heavy atom. The van der Waals surface area contributed by atoms with E-state index in [4.69, 9.17) is 5.11 Å². The average molecular weight is 279 g/mol. The molecule has 0 spiro atoms. The number of amides is 1. The first-order valence-electron chi connectivity index (χ1n) is 6.17. The number of carbonyl (C=O) groups excluding carboxylic acids is 1. The Balaban J connectivity index is 1.83. The highest BCUT2D eigenvalue weighted by Gasteiger charge is 2.06. The normalized spacial score (nSPS) is 10.7. The van der Waals surface area contributed by atoms with Crippen molar-refractivity contribution in [3.05, 3.63) is 29.8 Å². The summed E-state index contributed by atoms with van der Waals surface area (Å²) < 4.78 is 13.0. The van der Waals surface area contributed by atoms with E-state index in [0.717, 1.165) is 0 Å². The number of nitrogens with one attached hydrogen (secondary N) is 2. The van der Waals surface area contributed by atoms with Crippen molar-refractivity contribution in [3.63, 3.8) is 0 Å². The first kappa shape index (κ1) is 14.0. The number of nitrogens with zero attached hydrogens (tertiary/aromatic N) is 1. The molecule has 6 nitrogen and oxygen atoms in total. The van der Waals surface area contributed by atoms with Crippen LogP contribution in [0.5, 0.6) is 0 Å². The molecule has 1 aromatic heterocycles. The highest BCUT2D eigenvalue weighted by atomic mass is 19.1. The van der Waals surface area contributed by atoms with E-state index in [2.05, 4.69) is 15.3 Å². The van der Waals surface area contributed by atoms with Gasteiger partial charge in [0.15, 0.2) is 0 Å². The number of hydrogen-bond acceptors (Lipinski definition) is 3. The van der Waals surface area contributed by atoms with E-state index >= 15 is 0 Å². The lowest BCUT2D eigenvalue weighted by Gasteiger charge is -2.02. The third-order valence-corrected chi connectivity index (χ3v) is 2.74. The van der Waals surface area contributed by atoms with Crippen LogP contribution in [0.3, 0.4) is 0 Å². The van der Waals surface area contributed by atoms with Crippen molar-refractivity contribution in [1.29, 1.82) is 0 Å². The molecule has 3 N–H and O–H groups in total. The van der Waals surface area contributed by atoms with Crippen molar-refractivity contribution in [3.8, 4) is 0 Å². The predicted molar refractivity (Wildman–Crippen MR) is 69.6 cm³/mol. The molecule has 0 saturated carbocycles. The van der Waals surface area contributed by atoms with Gasteiger partial charge >= 0.3 is 5.97 Å². The summed E-state index contributed by atoms with van der Waals surface area (Å²) in [6.45, 7) is 0.348. The number of hydrogen-bond donors (Lipinski definition) is 3. The average Bonchev–Trinajstić information content (AvgIpc) is 2.78. The minimum absolute atomic E-state index is 0.0410.